The molecular formula is C11H11NO4. The summed E-state index contributed by atoms with van der Waals surface area (Å²) in [5.74, 6) is -0.834. The van der Waals surface area contributed by atoms with Gasteiger partial charge in [-0.3, -0.25) is 4.79 Å². The van der Waals surface area contributed by atoms with E-state index in [4.69, 9.17) is 9.84 Å². The van der Waals surface area contributed by atoms with E-state index in [0.29, 0.717) is 11.4 Å². The zero-order valence-corrected chi connectivity index (χ0v) is 8.71. The number of anilines is 1. The molecule has 1 aromatic rings. The van der Waals surface area contributed by atoms with Crippen molar-refractivity contribution < 1.29 is 19.4 Å². The molecular weight excluding hydrogens is 210 g/mol. The summed E-state index contributed by atoms with van der Waals surface area (Å²) >= 11 is 0. The van der Waals surface area contributed by atoms with Gasteiger partial charge >= 0.3 is 5.97 Å². The second-order valence-electron chi connectivity index (χ2n) is 3.54. The minimum atomic E-state index is -1.07. The lowest BCUT2D eigenvalue weighted by Gasteiger charge is -2.32. The molecule has 5 heteroatoms. The first kappa shape index (κ1) is 10.5. The number of carboxylic acid groups (broad SMARTS) is 1. The number of para-hydroxylation sites is 2. The highest BCUT2D eigenvalue weighted by atomic mass is 16.5. The lowest BCUT2D eigenvalue weighted by atomic mass is 10.2. The summed E-state index contributed by atoms with van der Waals surface area (Å²) in [4.78, 5) is 23.7. The number of carbonyl (C=O) groups excluding carboxylic acids is 1. The maximum atomic E-state index is 11.4. The van der Waals surface area contributed by atoms with E-state index in [9.17, 15) is 9.59 Å². The van der Waals surface area contributed by atoms with Gasteiger partial charge < -0.3 is 14.7 Å². The number of carboxylic acids is 1. The van der Waals surface area contributed by atoms with Gasteiger partial charge in [0.1, 0.15) is 5.75 Å². The highest BCUT2D eigenvalue weighted by molar-refractivity contribution is 5.95. The number of ether oxygens (including phenoxy) is 1. The van der Waals surface area contributed by atoms with Crippen molar-refractivity contribution in [3.63, 3.8) is 0 Å². The first-order valence-corrected chi connectivity index (χ1v) is 4.86. The molecule has 0 saturated heterocycles. The van der Waals surface area contributed by atoms with Crippen molar-refractivity contribution in [2.75, 3.05) is 11.4 Å². The van der Waals surface area contributed by atoms with Crippen LogP contribution in [-0.4, -0.2) is 29.6 Å². The fourth-order valence-electron chi connectivity index (χ4n) is 1.66. The van der Waals surface area contributed by atoms with Crippen LogP contribution in [-0.2, 0) is 9.59 Å². The van der Waals surface area contributed by atoms with Crippen LogP contribution >= 0.6 is 0 Å². The van der Waals surface area contributed by atoms with Crippen molar-refractivity contribution in [2.45, 2.75) is 13.0 Å². The van der Waals surface area contributed by atoms with Gasteiger partial charge in [0.25, 0.3) is 0 Å². The van der Waals surface area contributed by atoms with E-state index in [1.54, 1.807) is 24.3 Å². The molecule has 1 aliphatic rings. The normalized spacial score (nSPS) is 18.6. The number of benzene rings is 1. The van der Waals surface area contributed by atoms with Gasteiger partial charge in [-0.15, -0.1) is 0 Å². The van der Waals surface area contributed by atoms with Crippen LogP contribution in [0.5, 0.6) is 5.75 Å². The van der Waals surface area contributed by atoms with Crippen LogP contribution in [0.4, 0.5) is 5.69 Å². The zero-order chi connectivity index (χ0) is 11.7. The van der Waals surface area contributed by atoms with E-state index < -0.39 is 12.1 Å². The molecule has 0 spiro atoms. The molecule has 2 rings (SSSR count). The Morgan fingerprint density at radius 3 is 2.75 bits per heavy atom. The molecule has 1 atom stereocenters. The Morgan fingerprint density at radius 2 is 2.12 bits per heavy atom. The van der Waals surface area contributed by atoms with Gasteiger partial charge in [0, 0.05) is 6.92 Å². The zero-order valence-electron chi connectivity index (χ0n) is 8.71. The van der Waals surface area contributed by atoms with Crippen molar-refractivity contribution in [1.29, 1.82) is 0 Å². The Hall–Kier alpha value is -2.04. The third-order valence-electron chi connectivity index (χ3n) is 2.43. The van der Waals surface area contributed by atoms with E-state index in [0.717, 1.165) is 0 Å². The van der Waals surface area contributed by atoms with Crippen LogP contribution in [0.25, 0.3) is 0 Å². The van der Waals surface area contributed by atoms with Crippen molar-refractivity contribution in [3.05, 3.63) is 24.3 Å². The Kier molecular flexibility index (Phi) is 2.52. The molecule has 1 heterocycles. The number of nitrogens with zero attached hydrogens (tertiary/aromatic N) is 1. The Morgan fingerprint density at radius 1 is 1.44 bits per heavy atom. The third kappa shape index (κ3) is 1.71. The molecule has 84 valence electrons. The number of hydrogen-bond donors (Lipinski definition) is 1. The molecule has 1 N–H and O–H groups in total. The van der Waals surface area contributed by atoms with Crippen LogP contribution in [0.1, 0.15) is 6.92 Å². The third-order valence-corrected chi connectivity index (χ3v) is 2.43. The Balaban J connectivity index is 2.41. The van der Waals surface area contributed by atoms with E-state index in [1.807, 2.05) is 0 Å². The highest BCUT2D eigenvalue weighted by Gasteiger charge is 2.31. The number of aliphatic carboxylic acids is 1. The SMILES string of the molecule is CC(=O)N1CC(C(=O)O)Oc2ccccc21. The van der Waals surface area contributed by atoms with Gasteiger partial charge in [-0.05, 0) is 12.1 Å². The Labute approximate surface area is 92.2 Å². The number of rotatable bonds is 1. The quantitative estimate of drug-likeness (QED) is 0.764. The molecule has 1 unspecified atom stereocenters. The minimum Gasteiger partial charge on any atom is -0.478 e. The van der Waals surface area contributed by atoms with Gasteiger partial charge in [-0.1, -0.05) is 12.1 Å². The maximum Gasteiger partial charge on any atom is 0.346 e. The predicted molar refractivity (Wildman–Crippen MR) is 56.5 cm³/mol. The van der Waals surface area contributed by atoms with Crippen LogP contribution in [0.15, 0.2) is 24.3 Å². The first-order valence-electron chi connectivity index (χ1n) is 4.86. The maximum absolute atomic E-state index is 11.4. The molecule has 0 radical (unpaired) electrons. The highest BCUT2D eigenvalue weighted by Crippen LogP contribution is 2.32. The average Bonchev–Trinajstić information content (AvgIpc) is 2.27. The summed E-state index contributed by atoms with van der Waals surface area (Å²) in [6.07, 6.45) is -1.00. The summed E-state index contributed by atoms with van der Waals surface area (Å²) in [7, 11) is 0. The summed E-state index contributed by atoms with van der Waals surface area (Å²) in [6.45, 7) is 1.45. The van der Waals surface area contributed by atoms with Gasteiger partial charge in [-0.2, -0.15) is 0 Å². The molecule has 1 aliphatic heterocycles. The number of hydrogen-bond acceptors (Lipinski definition) is 3. The summed E-state index contributed by atoms with van der Waals surface area (Å²) in [5, 5.41) is 8.90. The predicted octanol–water partition coefficient (Wildman–Crippen LogP) is 0.885. The van der Waals surface area contributed by atoms with E-state index in [1.165, 1.54) is 11.8 Å². The second-order valence-corrected chi connectivity index (χ2v) is 3.54. The molecule has 1 aromatic carbocycles. The van der Waals surface area contributed by atoms with Crippen molar-refractivity contribution >= 4 is 17.6 Å². The molecule has 0 fully saturated rings. The monoisotopic (exact) mass is 221 g/mol. The second kappa shape index (κ2) is 3.84. The van der Waals surface area contributed by atoms with Crippen LogP contribution in [0.2, 0.25) is 0 Å². The van der Waals surface area contributed by atoms with Crippen LogP contribution in [0.3, 0.4) is 0 Å². The van der Waals surface area contributed by atoms with Crippen molar-refractivity contribution in [3.8, 4) is 5.75 Å². The molecule has 1 amide bonds. The Bertz CT molecular complexity index is 443. The largest absolute Gasteiger partial charge is 0.478 e. The molecule has 0 aromatic heterocycles. The fourth-order valence-corrected chi connectivity index (χ4v) is 1.66. The minimum absolute atomic E-state index is 0.0433. The molecule has 0 saturated carbocycles. The van der Waals surface area contributed by atoms with Crippen LogP contribution in [0, 0.1) is 0 Å². The van der Waals surface area contributed by atoms with Gasteiger partial charge in [0.05, 0.1) is 12.2 Å². The molecule has 16 heavy (non-hydrogen) atoms. The number of fused-ring (bicyclic) bond motifs is 1. The number of carbonyl (C=O) groups is 2. The van der Waals surface area contributed by atoms with E-state index in [-0.39, 0.29) is 12.5 Å². The average molecular weight is 221 g/mol. The van der Waals surface area contributed by atoms with Gasteiger partial charge in [0.2, 0.25) is 12.0 Å². The topological polar surface area (TPSA) is 66.8 Å². The van der Waals surface area contributed by atoms with E-state index in [2.05, 4.69) is 0 Å². The first-order chi connectivity index (χ1) is 7.59. The smallest absolute Gasteiger partial charge is 0.346 e. The van der Waals surface area contributed by atoms with Crippen molar-refractivity contribution in [1.82, 2.24) is 0 Å². The molecule has 0 bridgehead atoms. The molecule has 5 nitrogen and oxygen atoms in total. The van der Waals surface area contributed by atoms with Crippen LogP contribution < -0.4 is 9.64 Å². The molecule has 0 aliphatic carbocycles. The fraction of sp³-hybridized carbons (Fsp3) is 0.273. The lowest BCUT2D eigenvalue weighted by molar-refractivity contribution is -0.145. The number of amides is 1. The summed E-state index contributed by atoms with van der Waals surface area (Å²) in [5.41, 5.74) is 0.618. The summed E-state index contributed by atoms with van der Waals surface area (Å²) < 4.78 is 5.28. The van der Waals surface area contributed by atoms with Crippen molar-refractivity contribution in [2.24, 2.45) is 0 Å². The standard InChI is InChI=1S/C11H11NO4/c1-7(13)12-6-10(11(14)15)16-9-5-3-2-4-8(9)12/h2-5,10H,6H2,1H3,(H,14,15). The lowest BCUT2D eigenvalue weighted by Crippen LogP contribution is -2.46. The van der Waals surface area contributed by atoms with Gasteiger partial charge in [0.15, 0.2) is 0 Å². The van der Waals surface area contributed by atoms with Gasteiger partial charge in [-0.25, -0.2) is 4.79 Å². The van der Waals surface area contributed by atoms with E-state index >= 15 is 0 Å². The summed E-state index contributed by atoms with van der Waals surface area (Å²) in [6, 6.07) is 6.90.